The molecule has 1 aromatic heterocycles. The molecule has 4 nitrogen and oxygen atoms in total. The molecule has 0 aliphatic carbocycles. The Morgan fingerprint density at radius 1 is 1.33 bits per heavy atom. The molecule has 0 atom stereocenters. The Hall–Kier alpha value is -2.31. The molecule has 0 aliphatic rings. The average molecular weight is 257 g/mol. The molecule has 2 aromatic rings. The first kappa shape index (κ1) is 12.2. The largest absolute Gasteiger partial charge is 0.475 e. The zero-order valence-corrected chi connectivity index (χ0v) is 8.73. The van der Waals surface area contributed by atoms with Gasteiger partial charge in [0.15, 0.2) is 0 Å². The summed E-state index contributed by atoms with van der Waals surface area (Å²) in [5, 5.41) is 11.9. The fourth-order valence-electron chi connectivity index (χ4n) is 1.38. The maximum Gasteiger partial charge on any atom is 0.374 e. The van der Waals surface area contributed by atoms with Crippen LogP contribution in [0.15, 0.2) is 28.8 Å². The van der Waals surface area contributed by atoms with Crippen LogP contribution in [0.25, 0.3) is 11.3 Å². The second-order valence-electron chi connectivity index (χ2n) is 3.42. The fourth-order valence-corrected chi connectivity index (χ4v) is 1.38. The van der Waals surface area contributed by atoms with E-state index < -0.39 is 24.0 Å². The van der Waals surface area contributed by atoms with Crippen molar-refractivity contribution < 1.29 is 27.6 Å². The molecule has 0 amide bonds. The number of aromatic carboxylic acids is 1. The molecule has 1 aromatic carbocycles. The van der Waals surface area contributed by atoms with E-state index in [9.17, 15) is 18.0 Å². The minimum atomic E-state index is -2.75. The van der Waals surface area contributed by atoms with Gasteiger partial charge in [-0.3, -0.25) is 0 Å². The highest BCUT2D eigenvalue weighted by molar-refractivity contribution is 5.85. The first-order chi connectivity index (χ1) is 8.49. The van der Waals surface area contributed by atoms with Crippen LogP contribution in [0.1, 0.15) is 22.5 Å². The van der Waals surface area contributed by atoms with Crippen molar-refractivity contribution in [1.82, 2.24) is 5.16 Å². The lowest BCUT2D eigenvalue weighted by Crippen LogP contribution is -1.92. The number of carboxylic acid groups (broad SMARTS) is 1. The van der Waals surface area contributed by atoms with Gasteiger partial charge in [-0.15, -0.1) is 0 Å². The Kier molecular flexibility index (Phi) is 3.05. The number of carboxylic acids is 1. The van der Waals surface area contributed by atoms with Gasteiger partial charge in [-0.25, -0.2) is 18.0 Å². The summed E-state index contributed by atoms with van der Waals surface area (Å²) in [7, 11) is 0. The Bertz CT molecular complexity index is 595. The molecule has 7 heteroatoms. The van der Waals surface area contributed by atoms with Crippen molar-refractivity contribution in [3.63, 3.8) is 0 Å². The molecule has 94 valence electrons. The SMILES string of the molecule is O=C(O)c1cc(-c2cc(C(F)F)ccc2F)no1. The van der Waals surface area contributed by atoms with Crippen LogP contribution in [-0.2, 0) is 0 Å². The molecule has 0 bridgehead atoms. The topological polar surface area (TPSA) is 63.3 Å². The third-order valence-corrected chi connectivity index (χ3v) is 2.24. The van der Waals surface area contributed by atoms with E-state index in [4.69, 9.17) is 5.11 Å². The summed E-state index contributed by atoms with van der Waals surface area (Å²) in [5.74, 6) is -2.66. The Balaban J connectivity index is 2.48. The molecular formula is C11H6F3NO3. The predicted octanol–water partition coefficient (Wildman–Crippen LogP) is 3.12. The van der Waals surface area contributed by atoms with Gasteiger partial charge < -0.3 is 9.63 Å². The molecule has 1 N–H and O–H groups in total. The van der Waals surface area contributed by atoms with Gasteiger partial charge in [0.1, 0.15) is 11.5 Å². The van der Waals surface area contributed by atoms with Gasteiger partial charge in [-0.05, 0) is 12.1 Å². The van der Waals surface area contributed by atoms with Gasteiger partial charge in [0.25, 0.3) is 6.43 Å². The summed E-state index contributed by atoms with van der Waals surface area (Å²) in [4.78, 5) is 10.6. The molecule has 0 saturated carbocycles. The lowest BCUT2D eigenvalue weighted by Gasteiger charge is -2.03. The van der Waals surface area contributed by atoms with E-state index in [0.717, 1.165) is 24.3 Å². The fraction of sp³-hybridized carbons (Fsp3) is 0.0909. The van der Waals surface area contributed by atoms with E-state index >= 15 is 0 Å². The molecule has 18 heavy (non-hydrogen) atoms. The van der Waals surface area contributed by atoms with Crippen molar-refractivity contribution in [2.75, 3.05) is 0 Å². The van der Waals surface area contributed by atoms with Crippen molar-refractivity contribution in [1.29, 1.82) is 0 Å². The number of halogens is 3. The van der Waals surface area contributed by atoms with Crippen LogP contribution < -0.4 is 0 Å². The standard InChI is InChI=1S/C11H6F3NO3/c12-7-2-1-5(10(13)14)3-6(7)8-4-9(11(16)17)18-15-8/h1-4,10H,(H,16,17). The first-order valence-electron chi connectivity index (χ1n) is 4.77. The lowest BCUT2D eigenvalue weighted by molar-refractivity contribution is 0.0652. The molecule has 0 spiro atoms. The molecule has 0 fully saturated rings. The van der Waals surface area contributed by atoms with Gasteiger partial charge in [0.05, 0.1) is 0 Å². The van der Waals surface area contributed by atoms with Gasteiger partial charge in [0, 0.05) is 17.2 Å². The quantitative estimate of drug-likeness (QED) is 0.917. The van der Waals surface area contributed by atoms with E-state index in [-0.39, 0.29) is 16.8 Å². The lowest BCUT2D eigenvalue weighted by atomic mass is 10.1. The van der Waals surface area contributed by atoms with E-state index in [2.05, 4.69) is 9.68 Å². The van der Waals surface area contributed by atoms with Crippen LogP contribution in [0, 0.1) is 5.82 Å². The van der Waals surface area contributed by atoms with Crippen LogP contribution in [-0.4, -0.2) is 16.2 Å². The maximum absolute atomic E-state index is 13.5. The van der Waals surface area contributed by atoms with Crippen LogP contribution in [0.2, 0.25) is 0 Å². The summed E-state index contributed by atoms with van der Waals surface area (Å²) < 4.78 is 42.8. The van der Waals surface area contributed by atoms with Crippen LogP contribution in [0.3, 0.4) is 0 Å². The highest BCUT2D eigenvalue weighted by Crippen LogP contribution is 2.28. The molecule has 1 heterocycles. The number of hydrogen-bond acceptors (Lipinski definition) is 3. The van der Waals surface area contributed by atoms with E-state index in [0.29, 0.717) is 0 Å². The highest BCUT2D eigenvalue weighted by Gasteiger charge is 2.17. The third-order valence-electron chi connectivity index (χ3n) is 2.24. The van der Waals surface area contributed by atoms with Crippen molar-refractivity contribution in [2.45, 2.75) is 6.43 Å². The molecular weight excluding hydrogens is 251 g/mol. The van der Waals surface area contributed by atoms with Crippen LogP contribution >= 0.6 is 0 Å². The zero-order chi connectivity index (χ0) is 13.3. The number of hydrogen-bond donors (Lipinski definition) is 1. The third kappa shape index (κ3) is 2.20. The number of rotatable bonds is 3. The Morgan fingerprint density at radius 2 is 2.06 bits per heavy atom. The monoisotopic (exact) mass is 257 g/mol. The smallest absolute Gasteiger partial charge is 0.374 e. The average Bonchev–Trinajstić information content (AvgIpc) is 2.78. The summed E-state index contributed by atoms with van der Waals surface area (Å²) in [6, 6.07) is 3.69. The summed E-state index contributed by atoms with van der Waals surface area (Å²) in [5.41, 5.74) is -0.761. The summed E-state index contributed by atoms with van der Waals surface area (Å²) in [6.45, 7) is 0. The second-order valence-corrected chi connectivity index (χ2v) is 3.42. The molecule has 0 saturated heterocycles. The van der Waals surface area contributed by atoms with Gasteiger partial charge in [-0.2, -0.15) is 0 Å². The van der Waals surface area contributed by atoms with Crippen molar-refractivity contribution >= 4 is 5.97 Å². The zero-order valence-electron chi connectivity index (χ0n) is 8.73. The number of alkyl halides is 2. The second kappa shape index (κ2) is 4.52. The Morgan fingerprint density at radius 3 is 2.61 bits per heavy atom. The number of aromatic nitrogens is 1. The first-order valence-corrected chi connectivity index (χ1v) is 4.77. The Labute approximate surface area is 98.6 Å². The van der Waals surface area contributed by atoms with Crippen molar-refractivity contribution in [2.24, 2.45) is 0 Å². The number of nitrogens with zero attached hydrogens (tertiary/aromatic N) is 1. The van der Waals surface area contributed by atoms with E-state index in [1.165, 1.54) is 0 Å². The van der Waals surface area contributed by atoms with Crippen molar-refractivity contribution in [3.8, 4) is 11.3 Å². The summed E-state index contributed by atoms with van der Waals surface area (Å²) >= 11 is 0. The highest BCUT2D eigenvalue weighted by atomic mass is 19.3. The van der Waals surface area contributed by atoms with Gasteiger partial charge in [0.2, 0.25) is 5.76 Å². The van der Waals surface area contributed by atoms with E-state index in [1.807, 2.05) is 0 Å². The number of benzene rings is 1. The van der Waals surface area contributed by atoms with Gasteiger partial charge >= 0.3 is 5.97 Å². The van der Waals surface area contributed by atoms with E-state index in [1.54, 1.807) is 0 Å². The van der Waals surface area contributed by atoms with Crippen LogP contribution in [0.5, 0.6) is 0 Å². The molecule has 0 aliphatic heterocycles. The number of carbonyl (C=O) groups is 1. The molecule has 0 radical (unpaired) electrons. The molecule has 0 unspecified atom stereocenters. The minimum absolute atomic E-state index is 0.146. The normalized spacial score (nSPS) is 10.9. The maximum atomic E-state index is 13.5. The minimum Gasteiger partial charge on any atom is -0.475 e. The van der Waals surface area contributed by atoms with Gasteiger partial charge in [-0.1, -0.05) is 11.2 Å². The molecule has 2 rings (SSSR count). The van der Waals surface area contributed by atoms with Crippen LogP contribution in [0.4, 0.5) is 13.2 Å². The predicted molar refractivity (Wildman–Crippen MR) is 53.8 cm³/mol. The van der Waals surface area contributed by atoms with Crippen molar-refractivity contribution in [3.05, 3.63) is 41.4 Å². The summed E-state index contributed by atoms with van der Waals surface area (Å²) in [6.07, 6.45) is -2.75.